The van der Waals surface area contributed by atoms with E-state index in [0.717, 1.165) is 57.7 Å². The van der Waals surface area contributed by atoms with Crippen LogP contribution in [0.2, 0.25) is 0 Å². The molecule has 1 aromatic carbocycles. The molecule has 12 heteroatoms. The first-order chi connectivity index (χ1) is 20.6. The molecule has 0 aliphatic heterocycles. The Labute approximate surface area is 248 Å². The summed E-state index contributed by atoms with van der Waals surface area (Å²) in [6.45, 7) is 1.59. The van der Waals surface area contributed by atoms with Crippen molar-refractivity contribution in [1.82, 2.24) is 15.3 Å². The number of carbonyl (C=O) groups is 1. The first-order valence-electron chi connectivity index (χ1n) is 15.4. The highest BCUT2D eigenvalue weighted by Crippen LogP contribution is 2.60. The van der Waals surface area contributed by atoms with Crippen LogP contribution in [0.15, 0.2) is 30.5 Å². The van der Waals surface area contributed by atoms with E-state index in [-0.39, 0.29) is 46.9 Å². The molecule has 7 rings (SSSR count). The summed E-state index contributed by atoms with van der Waals surface area (Å²) < 4.78 is 57.2. The van der Waals surface area contributed by atoms with Crippen molar-refractivity contribution in [3.63, 3.8) is 0 Å². The Morgan fingerprint density at radius 1 is 1.05 bits per heavy atom. The fourth-order valence-electron chi connectivity index (χ4n) is 8.59. The monoisotopic (exact) mass is 604 g/mol. The van der Waals surface area contributed by atoms with Gasteiger partial charge in [-0.1, -0.05) is 18.2 Å². The molecular formula is C31H40F4N6O2. The quantitative estimate of drug-likeness (QED) is 0.247. The predicted octanol–water partition coefficient (Wildman–Crippen LogP) is 5.61. The average Bonchev–Trinajstić information content (AvgIpc) is 2.95. The summed E-state index contributed by atoms with van der Waals surface area (Å²) >= 11 is 0. The normalized spacial score (nSPS) is 31.5. The molecule has 5 N–H and O–H groups in total. The van der Waals surface area contributed by atoms with E-state index < -0.39 is 12.2 Å². The van der Waals surface area contributed by atoms with Crippen molar-refractivity contribution in [3.05, 3.63) is 41.8 Å². The molecule has 2 unspecified atom stereocenters. The number of rotatable bonds is 11. The van der Waals surface area contributed by atoms with Crippen molar-refractivity contribution in [2.45, 2.75) is 76.7 Å². The first-order valence-corrected chi connectivity index (χ1v) is 15.4. The summed E-state index contributed by atoms with van der Waals surface area (Å²) in [4.78, 5) is 19.8. The lowest BCUT2D eigenvalue weighted by Gasteiger charge is -2.60. The van der Waals surface area contributed by atoms with Crippen LogP contribution in [-0.4, -0.2) is 41.4 Å². The van der Waals surface area contributed by atoms with Crippen molar-refractivity contribution in [2.24, 2.45) is 40.7 Å². The number of aromatic nitrogens is 2. The number of primary amides is 1. The zero-order valence-corrected chi connectivity index (χ0v) is 24.1. The number of para-hydroxylation sites is 1. The minimum atomic E-state index is -4.81. The van der Waals surface area contributed by atoms with E-state index in [1.54, 1.807) is 6.07 Å². The van der Waals surface area contributed by atoms with Gasteiger partial charge >= 0.3 is 6.36 Å². The number of nitrogens with zero attached hydrogens (tertiary/aromatic N) is 2. The number of amides is 1. The molecule has 2 atom stereocenters. The lowest BCUT2D eigenvalue weighted by Crippen LogP contribution is -2.60. The molecule has 8 nitrogen and oxygen atoms in total. The minimum absolute atomic E-state index is 0.0206. The Kier molecular flexibility index (Phi) is 8.41. The van der Waals surface area contributed by atoms with Crippen molar-refractivity contribution >= 4 is 17.7 Å². The zero-order valence-electron chi connectivity index (χ0n) is 24.1. The summed E-state index contributed by atoms with van der Waals surface area (Å²) in [7, 11) is 0. The Morgan fingerprint density at radius 2 is 1.77 bits per heavy atom. The molecule has 0 radical (unpaired) electrons. The fourth-order valence-corrected chi connectivity index (χ4v) is 8.59. The average molecular weight is 605 g/mol. The van der Waals surface area contributed by atoms with Gasteiger partial charge in [0.1, 0.15) is 5.75 Å². The fraction of sp³-hybridized carbons (Fsp3) is 0.645. The van der Waals surface area contributed by atoms with Crippen LogP contribution in [0.5, 0.6) is 5.75 Å². The van der Waals surface area contributed by atoms with E-state index in [4.69, 9.17) is 5.73 Å². The molecule has 234 valence electrons. The first kappa shape index (κ1) is 29.9. The number of halogens is 4. The molecule has 4 bridgehead atoms. The highest BCUT2D eigenvalue weighted by atomic mass is 19.4. The maximum Gasteiger partial charge on any atom is 0.573 e. The van der Waals surface area contributed by atoms with Crippen molar-refractivity contribution in [3.8, 4) is 5.75 Å². The Balaban J connectivity index is 1.04. The second-order valence-corrected chi connectivity index (χ2v) is 13.3. The molecule has 1 aromatic heterocycles. The molecular weight excluding hydrogens is 564 g/mol. The van der Waals surface area contributed by atoms with Crippen molar-refractivity contribution in [2.75, 3.05) is 23.7 Å². The van der Waals surface area contributed by atoms with E-state index in [0.29, 0.717) is 36.3 Å². The van der Waals surface area contributed by atoms with E-state index in [1.165, 1.54) is 31.0 Å². The van der Waals surface area contributed by atoms with Crippen LogP contribution >= 0.6 is 0 Å². The topological polar surface area (TPSA) is 114 Å². The van der Waals surface area contributed by atoms with E-state index >= 15 is 0 Å². The Bertz CT molecular complexity index is 1290. The third-order valence-electron chi connectivity index (χ3n) is 10.3. The molecule has 2 aromatic rings. The second kappa shape index (κ2) is 12.1. The van der Waals surface area contributed by atoms with Gasteiger partial charge < -0.3 is 26.4 Å². The smallest absolute Gasteiger partial charge is 0.405 e. The highest BCUT2D eigenvalue weighted by Gasteiger charge is 2.55. The number of hydrogen-bond donors (Lipinski definition) is 4. The largest absolute Gasteiger partial charge is 0.573 e. The van der Waals surface area contributed by atoms with Gasteiger partial charge in [-0.3, -0.25) is 4.79 Å². The van der Waals surface area contributed by atoms with Gasteiger partial charge in [0.05, 0.1) is 6.20 Å². The zero-order chi connectivity index (χ0) is 30.2. The molecule has 1 amide bonds. The third-order valence-corrected chi connectivity index (χ3v) is 10.3. The van der Waals surface area contributed by atoms with Gasteiger partial charge in [0, 0.05) is 30.6 Å². The van der Waals surface area contributed by atoms with Gasteiger partial charge in [-0.2, -0.15) is 4.98 Å². The Hall–Kier alpha value is -3.15. The molecule has 0 spiro atoms. The van der Waals surface area contributed by atoms with Crippen LogP contribution < -0.4 is 26.4 Å². The molecule has 1 heterocycles. The van der Waals surface area contributed by atoms with E-state index in [1.807, 2.05) is 0 Å². The van der Waals surface area contributed by atoms with Gasteiger partial charge in [-0.25, -0.2) is 9.37 Å². The standard InChI is InChI=1S/C31H40F4N6O2/c32-24-16-39-29(38-15-21-3-1-2-4-25(21)43-31(33,34)35)41-28(24)40-17-30-11-19-9-22(12-30)26(23(10-19)13-30)37-14-18-5-7-20(8-6-18)27(36)42/h1-4,16,18-20,22-23,26,37H,5-15,17H2,(H2,36,42)(H2,38,39,40,41). The van der Waals surface area contributed by atoms with Crippen LogP contribution in [0.1, 0.15) is 63.4 Å². The second-order valence-electron chi connectivity index (χ2n) is 13.3. The predicted molar refractivity (Wildman–Crippen MR) is 153 cm³/mol. The molecule has 5 aliphatic carbocycles. The van der Waals surface area contributed by atoms with Gasteiger partial charge in [-0.05, 0) is 99.5 Å². The maximum atomic E-state index is 14.8. The number of carbonyl (C=O) groups excluding carboxylic acids is 1. The summed E-state index contributed by atoms with van der Waals surface area (Å²) in [5.74, 6) is 1.68. The highest BCUT2D eigenvalue weighted by molar-refractivity contribution is 5.76. The summed E-state index contributed by atoms with van der Waals surface area (Å²) in [5.41, 5.74) is 5.87. The molecule has 5 fully saturated rings. The lowest BCUT2D eigenvalue weighted by molar-refractivity contribution is -0.274. The van der Waals surface area contributed by atoms with Crippen LogP contribution in [0.4, 0.5) is 29.3 Å². The van der Waals surface area contributed by atoms with Gasteiger partial charge in [-0.15, -0.1) is 13.2 Å². The van der Waals surface area contributed by atoms with Gasteiger partial charge in [0.25, 0.3) is 0 Å². The molecule has 5 saturated carbocycles. The van der Waals surface area contributed by atoms with Crippen molar-refractivity contribution in [1.29, 1.82) is 0 Å². The number of anilines is 2. The van der Waals surface area contributed by atoms with Gasteiger partial charge in [0.15, 0.2) is 11.6 Å². The molecule has 43 heavy (non-hydrogen) atoms. The van der Waals surface area contributed by atoms with Crippen LogP contribution in [0.3, 0.4) is 0 Å². The van der Waals surface area contributed by atoms with Crippen molar-refractivity contribution < 1.29 is 27.1 Å². The van der Waals surface area contributed by atoms with Gasteiger partial charge in [0.2, 0.25) is 11.9 Å². The van der Waals surface area contributed by atoms with E-state index in [2.05, 4.69) is 30.7 Å². The summed E-state index contributed by atoms with van der Waals surface area (Å²) in [5, 5.41) is 10.1. The minimum Gasteiger partial charge on any atom is -0.405 e. The number of nitrogens with two attached hydrogens (primary N) is 1. The van der Waals surface area contributed by atoms with Crippen LogP contribution in [0.25, 0.3) is 0 Å². The number of benzene rings is 1. The number of nitrogens with one attached hydrogen (secondary N) is 3. The Morgan fingerprint density at radius 3 is 2.47 bits per heavy atom. The number of hydrogen-bond acceptors (Lipinski definition) is 7. The summed E-state index contributed by atoms with van der Waals surface area (Å²) in [6.07, 6.45) is 5.94. The number of alkyl halides is 3. The number of ether oxygens (including phenoxy) is 1. The summed E-state index contributed by atoms with van der Waals surface area (Å²) in [6, 6.07) is 6.34. The lowest BCUT2D eigenvalue weighted by atomic mass is 9.48. The molecule has 0 saturated heterocycles. The molecule has 5 aliphatic rings. The van der Waals surface area contributed by atoms with Crippen LogP contribution in [0, 0.1) is 40.8 Å². The van der Waals surface area contributed by atoms with Crippen LogP contribution in [-0.2, 0) is 11.3 Å². The van der Waals surface area contributed by atoms with E-state index in [9.17, 15) is 22.4 Å². The SMILES string of the molecule is NC(=O)C1CCC(CNC2C3CC4CC2CC(CNc2nc(NCc5ccccc5OC(F)(F)F)ncc2F)(C4)C3)CC1. The maximum absolute atomic E-state index is 14.8. The third kappa shape index (κ3) is 6.99.